The third kappa shape index (κ3) is 1.60. The normalized spacial score (nSPS) is 8.89. The third-order valence-corrected chi connectivity index (χ3v) is 0.974. The summed E-state index contributed by atoms with van der Waals surface area (Å²) in [7, 11) is 0. The fraction of sp³-hybridized carbons (Fsp3) is 0.167. The first-order chi connectivity index (χ1) is 4.43. The fourth-order valence-corrected chi connectivity index (χ4v) is 0.592. The molecule has 1 aromatic rings. The summed E-state index contributed by atoms with van der Waals surface area (Å²) in [5.74, 6) is 0.877. The molecule has 48 valence electrons. The Balaban J connectivity index is 2.38. The lowest BCUT2D eigenvalue weighted by molar-refractivity contribution is -0.106. The Kier molecular flexibility index (Phi) is 1.90. The highest BCUT2D eigenvalue weighted by Gasteiger charge is 1.85. The van der Waals surface area contributed by atoms with Crippen LogP contribution in [0.1, 0.15) is 0 Å². The summed E-state index contributed by atoms with van der Waals surface area (Å²) >= 11 is 0. The predicted octanol–water partition coefficient (Wildman–Crippen LogP) is 0.625. The van der Waals surface area contributed by atoms with Crippen molar-refractivity contribution in [3.63, 3.8) is 0 Å². The molecule has 0 saturated heterocycles. The first kappa shape index (κ1) is 5.88. The lowest BCUT2D eigenvalue weighted by atomic mass is 10.6. The summed E-state index contributed by atoms with van der Waals surface area (Å²) in [6, 6.07) is 3.73. The molecule has 1 rings (SSSR count). The van der Waals surface area contributed by atoms with E-state index < -0.39 is 0 Å². The van der Waals surface area contributed by atoms with Crippen molar-refractivity contribution < 1.29 is 4.79 Å². The second kappa shape index (κ2) is 2.91. The third-order valence-electron chi connectivity index (χ3n) is 0.974. The van der Waals surface area contributed by atoms with Crippen LogP contribution in [-0.4, -0.2) is 17.8 Å². The van der Waals surface area contributed by atoms with Gasteiger partial charge in [-0.05, 0) is 12.1 Å². The van der Waals surface area contributed by atoms with Gasteiger partial charge in [0.15, 0.2) is 0 Å². The van der Waals surface area contributed by atoms with Gasteiger partial charge < -0.3 is 15.1 Å². The Labute approximate surface area is 53.1 Å². The smallest absolute Gasteiger partial charge is 0.139 e. The SMILES string of the molecule is O=CCNc1ccc[nH]1. The number of aldehydes is 1. The molecular weight excluding hydrogens is 116 g/mol. The Bertz CT molecular complexity index is 169. The number of H-pyrrole nitrogens is 1. The van der Waals surface area contributed by atoms with Crippen LogP contribution in [0.4, 0.5) is 5.82 Å². The molecule has 0 aromatic carbocycles. The van der Waals surface area contributed by atoms with E-state index in [2.05, 4.69) is 10.3 Å². The maximum Gasteiger partial charge on any atom is 0.139 e. The van der Waals surface area contributed by atoms with Gasteiger partial charge in [0.2, 0.25) is 0 Å². The first-order valence-electron chi connectivity index (χ1n) is 2.74. The molecule has 0 aliphatic rings. The Morgan fingerprint density at radius 2 is 2.67 bits per heavy atom. The van der Waals surface area contributed by atoms with Crippen LogP contribution in [0.5, 0.6) is 0 Å². The van der Waals surface area contributed by atoms with Crippen molar-refractivity contribution in [2.45, 2.75) is 0 Å². The molecular formula is C6H8N2O. The van der Waals surface area contributed by atoms with E-state index >= 15 is 0 Å². The lowest BCUT2D eigenvalue weighted by Crippen LogP contribution is -2.01. The quantitative estimate of drug-likeness (QED) is 0.580. The second-order valence-corrected chi connectivity index (χ2v) is 1.63. The Hall–Kier alpha value is -1.25. The number of hydrogen-bond donors (Lipinski definition) is 2. The van der Waals surface area contributed by atoms with E-state index in [4.69, 9.17) is 0 Å². The zero-order valence-corrected chi connectivity index (χ0v) is 4.92. The molecule has 0 fully saturated rings. The monoisotopic (exact) mass is 124 g/mol. The summed E-state index contributed by atoms with van der Waals surface area (Å²) in [6.45, 7) is 0.362. The van der Waals surface area contributed by atoms with E-state index in [0.717, 1.165) is 12.1 Å². The minimum absolute atomic E-state index is 0.362. The number of rotatable bonds is 3. The predicted molar refractivity (Wildman–Crippen MR) is 35.3 cm³/mol. The molecule has 0 unspecified atom stereocenters. The van der Waals surface area contributed by atoms with Gasteiger partial charge in [0, 0.05) is 6.20 Å². The highest BCUT2D eigenvalue weighted by Crippen LogP contribution is 1.98. The molecule has 3 nitrogen and oxygen atoms in total. The number of anilines is 1. The Morgan fingerprint density at radius 1 is 1.78 bits per heavy atom. The molecule has 1 aromatic heterocycles. The molecule has 0 atom stereocenters. The average molecular weight is 124 g/mol. The van der Waals surface area contributed by atoms with Crippen molar-refractivity contribution >= 4 is 12.1 Å². The lowest BCUT2D eigenvalue weighted by Gasteiger charge is -1.93. The van der Waals surface area contributed by atoms with E-state index in [9.17, 15) is 4.79 Å². The average Bonchev–Trinajstić information content (AvgIpc) is 2.34. The van der Waals surface area contributed by atoms with Crippen LogP contribution in [0.15, 0.2) is 18.3 Å². The largest absolute Gasteiger partial charge is 0.365 e. The zero-order chi connectivity index (χ0) is 6.53. The molecule has 2 N–H and O–H groups in total. The van der Waals surface area contributed by atoms with Crippen LogP contribution < -0.4 is 5.32 Å². The van der Waals surface area contributed by atoms with Crippen molar-refractivity contribution in [1.82, 2.24) is 4.98 Å². The van der Waals surface area contributed by atoms with Gasteiger partial charge in [-0.1, -0.05) is 0 Å². The van der Waals surface area contributed by atoms with Crippen molar-refractivity contribution in [3.8, 4) is 0 Å². The molecule has 0 radical (unpaired) electrons. The van der Waals surface area contributed by atoms with E-state index in [0.29, 0.717) is 6.54 Å². The number of aromatic amines is 1. The number of nitrogens with one attached hydrogen (secondary N) is 2. The van der Waals surface area contributed by atoms with Gasteiger partial charge in [-0.3, -0.25) is 0 Å². The summed E-state index contributed by atoms with van der Waals surface area (Å²) < 4.78 is 0. The van der Waals surface area contributed by atoms with Gasteiger partial charge in [0.25, 0.3) is 0 Å². The van der Waals surface area contributed by atoms with Crippen LogP contribution in [0.2, 0.25) is 0 Å². The standard InChI is InChI=1S/C6H8N2O/c9-5-4-8-6-2-1-3-7-6/h1-3,5,7-8H,4H2. The molecule has 3 heteroatoms. The van der Waals surface area contributed by atoms with Crippen LogP contribution >= 0.6 is 0 Å². The van der Waals surface area contributed by atoms with Gasteiger partial charge in [0.1, 0.15) is 12.1 Å². The van der Waals surface area contributed by atoms with Crippen molar-refractivity contribution in [3.05, 3.63) is 18.3 Å². The molecule has 0 amide bonds. The van der Waals surface area contributed by atoms with Crippen molar-refractivity contribution in [1.29, 1.82) is 0 Å². The summed E-state index contributed by atoms with van der Waals surface area (Å²) in [6.07, 6.45) is 2.62. The van der Waals surface area contributed by atoms with E-state index in [1.165, 1.54) is 0 Å². The maximum atomic E-state index is 9.82. The zero-order valence-electron chi connectivity index (χ0n) is 4.92. The molecule has 0 spiro atoms. The Morgan fingerprint density at radius 3 is 3.22 bits per heavy atom. The maximum absolute atomic E-state index is 9.82. The van der Waals surface area contributed by atoms with Crippen LogP contribution in [0.3, 0.4) is 0 Å². The molecule has 0 aliphatic heterocycles. The van der Waals surface area contributed by atoms with Crippen LogP contribution in [0.25, 0.3) is 0 Å². The molecule has 0 saturated carbocycles. The topological polar surface area (TPSA) is 44.9 Å². The van der Waals surface area contributed by atoms with Crippen LogP contribution in [-0.2, 0) is 4.79 Å². The highest BCUT2D eigenvalue weighted by molar-refractivity contribution is 5.57. The first-order valence-corrected chi connectivity index (χ1v) is 2.74. The molecule has 1 heterocycles. The number of carbonyl (C=O) groups excluding carboxylic acids is 1. The van der Waals surface area contributed by atoms with Gasteiger partial charge in [-0.2, -0.15) is 0 Å². The van der Waals surface area contributed by atoms with Crippen molar-refractivity contribution in [2.75, 3.05) is 11.9 Å². The van der Waals surface area contributed by atoms with Gasteiger partial charge in [-0.25, -0.2) is 0 Å². The molecule has 0 bridgehead atoms. The molecule has 0 aliphatic carbocycles. The van der Waals surface area contributed by atoms with Crippen molar-refractivity contribution in [2.24, 2.45) is 0 Å². The minimum atomic E-state index is 0.362. The highest BCUT2D eigenvalue weighted by atomic mass is 16.1. The second-order valence-electron chi connectivity index (χ2n) is 1.63. The van der Waals surface area contributed by atoms with E-state index in [-0.39, 0.29) is 0 Å². The summed E-state index contributed by atoms with van der Waals surface area (Å²) in [5.41, 5.74) is 0. The van der Waals surface area contributed by atoms with E-state index in [1.54, 1.807) is 6.20 Å². The van der Waals surface area contributed by atoms with Gasteiger partial charge in [-0.15, -0.1) is 0 Å². The van der Waals surface area contributed by atoms with E-state index in [1.807, 2.05) is 12.1 Å². The fourth-order valence-electron chi connectivity index (χ4n) is 0.592. The summed E-state index contributed by atoms with van der Waals surface area (Å²) in [4.78, 5) is 12.7. The van der Waals surface area contributed by atoms with Crippen LogP contribution in [0, 0.1) is 0 Å². The minimum Gasteiger partial charge on any atom is -0.365 e. The number of aromatic nitrogens is 1. The van der Waals surface area contributed by atoms with Gasteiger partial charge >= 0.3 is 0 Å². The molecule has 9 heavy (non-hydrogen) atoms. The number of hydrogen-bond acceptors (Lipinski definition) is 2. The number of carbonyl (C=O) groups is 1. The summed E-state index contributed by atoms with van der Waals surface area (Å²) in [5, 5.41) is 2.85. The van der Waals surface area contributed by atoms with Gasteiger partial charge in [0.05, 0.1) is 6.54 Å².